The van der Waals surface area contributed by atoms with E-state index in [0.29, 0.717) is 11.1 Å². The number of aryl methyl sites for hydroxylation is 1. The molecule has 2 aromatic carbocycles. The van der Waals surface area contributed by atoms with Gasteiger partial charge in [-0.2, -0.15) is 0 Å². The minimum Gasteiger partial charge on any atom is -0.505 e. The lowest BCUT2D eigenvalue weighted by Gasteiger charge is -2.20. The number of hydrogen-bond donors (Lipinski definition) is 2. The first-order valence-electron chi connectivity index (χ1n) is 7.46. The van der Waals surface area contributed by atoms with Crippen LogP contribution in [0.3, 0.4) is 0 Å². The topological polar surface area (TPSA) is 62.2 Å². The number of nitrogens with zero attached hydrogens (tertiary/aromatic N) is 1. The fourth-order valence-corrected chi connectivity index (χ4v) is 2.68. The van der Waals surface area contributed by atoms with E-state index in [0.717, 1.165) is 16.5 Å². The van der Waals surface area contributed by atoms with Gasteiger partial charge < -0.3 is 10.4 Å². The Kier molecular flexibility index (Phi) is 3.98. The van der Waals surface area contributed by atoms with Crippen molar-refractivity contribution in [1.29, 1.82) is 0 Å². The van der Waals surface area contributed by atoms with Crippen molar-refractivity contribution in [1.82, 2.24) is 10.3 Å². The maximum absolute atomic E-state index is 11.6. The molecule has 1 atom stereocenters. The molecule has 0 aliphatic rings. The Bertz CT molecular complexity index is 857. The predicted molar refractivity (Wildman–Crippen MR) is 90.2 cm³/mol. The Morgan fingerprint density at radius 3 is 2.57 bits per heavy atom. The molecular formula is C19H18N2O2. The molecule has 0 radical (unpaired) electrons. The number of hydrogen-bond acceptors (Lipinski definition) is 3. The number of aromatic nitrogens is 1. The van der Waals surface area contributed by atoms with Gasteiger partial charge in [0.15, 0.2) is 0 Å². The minimum absolute atomic E-state index is 0.0995. The number of nitrogens with one attached hydrogen (secondary N) is 1. The fraction of sp³-hybridized carbons (Fsp3) is 0.158. The van der Waals surface area contributed by atoms with Crippen LogP contribution in [0.25, 0.3) is 10.9 Å². The highest BCUT2D eigenvalue weighted by atomic mass is 16.3. The van der Waals surface area contributed by atoms with Crippen molar-refractivity contribution in [3.05, 3.63) is 71.4 Å². The van der Waals surface area contributed by atoms with Crippen molar-refractivity contribution in [3.8, 4) is 5.75 Å². The van der Waals surface area contributed by atoms with Crippen LogP contribution in [0.2, 0.25) is 0 Å². The summed E-state index contributed by atoms with van der Waals surface area (Å²) in [4.78, 5) is 15.9. The average Bonchev–Trinajstić information content (AvgIpc) is 2.54. The molecule has 0 spiro atoms. The maximum atomic E-state index is 11.6. The number of phenolic OH excluding ortho intramolecular Hbond substituents is 1. The second-order valence-electron chi connectivity index (χ2n) is 5.62. The highest BCUT2D eigenvalue weighted by Gasteiger charge is 2.20. The van der Waals surface area contributed by atoms with Crippen LogP contribution >= 0.6 is 0 Å². The van der Waals surface area contributed by atoms with Gasteiger partial charge in [0.1, 0.15) is 11.3 Å². The zero-order valence-corrected chi connectivity index (χ0v) is 13.1. The number of phenols is 1. The quantitative estimate of drug-likeness (QED) is 0.779. The fourth-order valence-electron chi connectivity index (χ4n) is 2.68. The molecule has 1 aromatic heterocycles. The van der Waals surface area contributed by atoms with Crippen LogP contribution in [0, 0.1) is 6.92 Å². The second-order valence-corrected chi connectivity index (χ2v) is 5.62. The molecule has 0 saturated carbocycles. The van der Waals surface area contributed by atoms with Gasteiger partial charge in [0.05, 0.1) is 6.04 Å². The van der Waals surface area contributed by atoms with Crippen LogP contribution in [0.1, 0.15) is 29.7 Å². The molecule has 116 valence electrons. The molecule has 2 N–H and O–H groups in total. The molecule has 3 rings (SSSR count). The average molecular weight is 306 g/mol. The van der Waals surface area contributed by atoms with Crippen molar-refractivity contribution in [3.63, 3.8) is 0 Å². The highest BCUT2D eigenvalue weighted by molar-refractivity contribution is 5.86. The van der Waals surface area contributed by atoms with Crippen LogP contribution in [0.4, 0.5) is 0 Å². The van der Waals surface area contributed by atoms with Gasteiger partial charge >= 0.3 is 0 Å². The maximum Gasteiger partial charge on any atom is 0.217 e. The molecule has 1 amide bonds. The molecule has 3 aromatic rings. The number of carbonyl (C=O) groups excluding carboxylic acids is 1. The second kappa shape index (κ2) is 6.08. The van der Waals surface area contributed by atoms with Gasteiger partial charge in [0.2, 0.25) is 5.91 Å². The van der Waals surface area contributed by atoms with E-state index in [2.05, 4.69) is 10.3 Å². The largest absolute Gasteiger partial charge is 0.505 e. The first-order valence-corrected chi connectivity index (χ1v) is 7.46. The standard InChI is InChI=1S/C19H18N2O2/c1-12-5-7-15(8-6-12)17(21-13(2)22)16-10-9-14-4-3-11-20-18(14)19(16)23/h3-11,17,23H,1-2H3,(H,21,22)/t17-/m0/s1. The highest BCUT2D eigenvalue weighted by Crippen LogP contribution is 2.34. The van der Waals surface area contributed by atoms with E-state index in [1.54, 1.807) is 6.20 Å². The van der Waals surface area contributed by atoms with Gasteiger partial charge in [-0.15, -0.1) is 0 Å². The number of pyridine rings is 1. The van der Waals surface area contributed by atoms with Crippen molar-refractivity contribution >= 4 is 16.8 Å². The molecule has 0 fully saturated rings. The molecule has 4 heteroatoms. The summed E-state index contributed by atoms with van der Waals surface area (Å²) < 4.78 is 0. The molecule has 1 heterocycles. The molecule has 0 bridgehead atoms. The van der Waals surface area contributed by atoms with E-state index >= 15 is 0 Å². The lowest BCUT2D eigenvalue weighted by Crippen LogP contribution is -2.27. The zero-order chi connectivity index (χ0) is 16.4. The van der Waals surface area contributed by atoms with Crippen LogP contribution in [0.5, 0.6) is 5.75 Å². The first kappa shape index (κ1) is 15.0. The number of benzene rings is 2. The molecular weight excluding hydrogens is 288 g/mol. The summed E-state index contributed by atoms with van der Waals surface area (Å²) >= 11 is 0. The molecule has 23 heavy (non-hydrogen) atoms. The Morgan fingerprint density at radius 1 is 1.13 bits per heavy atom. The summed E-state index contributed by atoms with van der Waals surface area (Å²) in [6.45, 7) is 3.48. The Morgan fingerprint density at radius 2 is 1.87 bits per heavy atom. The Hall–Kier alpha value is -2.88. The lowest BCUT2D eigenvalue weighted by atomic mass is 9.95. The van der Waals surface area contributed by atoms with Crippen molar-refractivity contribution in [2.75, 3.05) is 0 Å². The summed E-state index contributed by atoms with van der Waals surface area (Å²) in [6, 6.07) is 14.9. The summed E-state index contributed by atoms with van der Waals surface area (Å²) in [7, 11) is 0. The van der Waals surface area contributed by atoms with E-state index < -0.39 is 6.04 Å². The molecule has 0 unspecified atom stereocenters. The van der Waals surface area contributed by atoms with Gasteiger partial charge in [0.25, 0.3) is 0 Å². The SMILES string of the molecule is CC(=O)N[C@@H](c1ccc(C)cc1)c1ccc2cccnc2c1O. The third-order valence-corrected chi connectivity index (χ3v) is 3.85. The van der Waals surface area contributed by atoms with E-state index in [1.807, 2.05) is 55.5 Å². The molecule has 0 aliphatic heterocycles. The van der Waals surface area contributed by atoms with Crippen LogP contribution in [-0.4, -0.2) is 16.0 Å². The van der Waals surface area contributed by atoms with Crippen LogP contribution in [0.15, 0.2) is 54.7 Å². The van der Waals surface area contributed by atoms with Crippen molar-refractivity contribution in [2.45, 2.75) is 19.9 Å². The third-order valence-electron chi connectivity index (χ3n) is 3.85. The molecule has 0 aliphatic carbocycles. The Balaban J connectivity index is 2.14. The minimum atomic E-state index is -0.417. The number of aromatic hydroxyl groups is 1. The van der Waals surface area contributed by atoms with Crippen molar-refractivity contribution < 1.29 is 9.90 Å². The lowest BCUT2D eigenvalue weighted by molar-refractivity contribution is -0.119. The smallest absolute Gasteiger partial charge is 0.217 e. The van der Waals surface area contributed by atoms with Gasteiger partial charge in [-0.25, -0.2) is 0 Å². The summed E-state index contributed by atoms with van der Waals surface area (Å²) in [5, 5.41) is 14.4. The van der Waals surface area contributed by atoms with E-state index in [-0.39, 0.29) is 11.7 Å². The normalized spacial score (nSPS) is 12.1. The van der Waals surface area contributed by atoms with E-state index in [1.165, 1.54) is 6.92 Å². The first-order chi connectivity index (χ1) is 11.1. The molecule has 0 saturated heterocycles. The van der Waals surface area contributed by atoms with Gasteiger partial charge in [-0.3, -0.25) is 9.78 Å². The van der Waals surface area contributed by atoms with Gasteiger partial charge in [-0.1, -0.05) is 48.0 Å². The predicted octanol–water partition coefficient (Wildman–Crippen LogP) is 3.47. The molecule has 4 nitrogen and oxygen atoms in total. The summed E-state index contributed by atoms with van der Waals surface area (Å²) in [5.74, 6) is -0.0569. The summed E-state index contributed by atoms with van der Waals surface area (Å²) in [5.41, 5.74) is 3.22. The monoisotopic (exact) mass is 306 g/mol. The summed E-state index contributed by atoms with van der Waals surface area (Å²) in [6.07, 6.45) is 1.64. The van der Waals surface area contributed by atoms with Gasteiger partial charge in [-0.05, 0) is 18.6 Å². The van der Waals surface area contributed by atoms with Gasteiger partial charge in [0, 0.05) is 24.1 Å². The number of fused-ring (bicyclic) bond motifs is 1. The number of carbonyl (C=O) groups is 1. The van der Waals surface area contributed by atoms with Crippen LogP contribution < -0.4 is 5.32 Å². The van der Waals surface area contributed by atoms with E-state index in [9.17, 15) is 9.90 Å². The third kappa shape index (κ3) is 3.01. The number of amides is 1. The Labute approximate surface area is 134 Å². The zero-order valence-electron chi connectivity index (χ0n) is 13.1. The van der Waals surface area contributed by atoms with E-state index in [4.69, 9.17) is 0 Å². The van der Waals surface area contributed by atoms with Crippen LogP contribution in [-0.2, 0) is 4.79 Å². The number of rotatable bonds is 3. The van der Waals surface area contributed by atoms with Crippen molar-refractivity contribution in [2.24, 2.45) is 0 Å².